The molecule has 2 atom stereocenters. The lowest BCUT2D eigenvalue weighted by Crippen LogP contribution is -2.42. The molecule has 4 heteroatoms. The molecule has 1 aliphatic rings. The van der Waals surface area contributed by atoms with Crippen molar-refractivity contribution in [3.8, 4) is 5.75 Å². The highest BCUT2D eigenvalue weighted by atomic mass is 16.5. The van der Waals surface area contributed by atoms with Gasteiger partial charge in [-0.2, -0.15) is 0 Å². The van der Waals surface area contributed by atoms with Crippen LogP contribution in [0.1, 0.15) is 19.8 Å². The van der Waals surface area contributed by atoms with Crippen LogP contribution >= 0.6 is 0 Å². The van der Waals surface area contributed by atoms with E-state index in [0.717, 1.165) is 44.9 Å². The van der Waals surface area contributed by atoms with Gasteiger partial charge in [0, 0.05) is 31.8 Å². The van der Waals surface area contributed by atoms with Gasteiger partial charge in [0.2, 0.25) is 0 Å². The van der Waals surface area contributed by atoms with Gasteiger partial charge in [-0.05, 0) is 25.0 Å². The summed E-state index contributed by atoms with van der Waals surface area (Å²) in [7, 11) is 0. The molecule has 18 heavy (non-hydrogen) atoms. The normalized spacial score (nSPS) is 23.8. The van der Waals surface area contributed by atoms with E-state index in [1.54, 1.807) is 12.4 Å². The van der Waals surface area contributed by atoms with Gasteiger partial charge in [-0.25, -0.2) is 0 Å². The Morgan fingerprint density at radius 2 is 2.39 bits per heavy atom. The molecule has 1 fully saturated rings. The van der Waals surface area contributed by atoms with Crippen molar-refractivity contribution in [2.24, 2.45) is 5.92 Å². The largest absolute Gasteiger partial charge is 0.492 e. The number of pyridine rings is 1. The van der Waals surface area contributed by atoms with Crippen LogP contribution < -0.4 is 10.1 Å². The second-order valence-corrected chi connectivity index (χ2v) is 4.75. The molecule has 1 aliphatic heterocycles. The van der Waals surface area contributed by atoms with Crippen molar-refractivity contribution in [2.75, 3.05) is 26.3 Å². The molecule has 0 bridgehead atoms. The van der Waals surface area contributed by atoms with Gasteiger partial charge in [0.15, 0.2) is 0 Å². The van der Waals surface area contributed by atoms with Gasteiger partial charge in [0.05, 0.1) is 18.9 Å². The number of aromatic nitrogens is 1. The summed E-state index contributed by atoms with van der Waals surface area (Å²) in [6, 6.07) is 3.83. The van der Waals surface area contributed by atoms with E-state index in [0.29, 0.717) is 12.0 Å². The first-order chi connectivity index (χ1) is 8.88. The summed E-state index contributed by atoms with van der Waals surface area (Å²) in [6.45, 7) is 5.68. The Kier molecular flexibility index (Phi) is 5.42. The Morgan fingerprint density at radius 3 is 3.17 bits per heavy atom. The molecular weight excluding hydrogens is 228 g/mol. The number of piperidine rings is 1. The third kappa shape index (κ3) is 4.27. The topological polar surface area (TPSA) is 43.4 Å². The van der Waals surface area contributed by atoms with Gasteiger partial charge in [-0.1, -0.05) is 6.92 Å². The summed E-state index contributed by atoms with van der Waals surface area (Å²) in [6.07, 6.45) is 5.99. The number of nitrogens with one attached hydrogen (secondary N) is 1. The van der Waals surface area contributed by atoms with Crippen molar-refractivity contribution in [3.63, 3.8) is 0 Å². The van der Waals surface area contributed by atoms with Crippen LogP contribution in [0.15, 0.2) is 24.5 Å². The zero-order valence-electron chi connectivity index (χ0n) is 11.0. The molecule has 0 aromatic carbocycles. The third-order valence-electron chi connectivity index (χ3n) is 3.08. The minimum Gasteiger partial charge on any atom is -0.492 e. The van der Waals surface area contributed by atoms with Crippen LogP contribution in [0.4, 0.5) is 0 Å². The molecule has 2 rings (SSSR count). The predicted octanol–water partition coefficient (Wildman–Crippen LogP) is 1.87. The molecule has 2 unspecified atom stereocenters. The fourth-order valence-corrected chi connectivity index (χ4v) is 2.17. The maximum absolute atomic E-state index is 5.78. The molecule has 0 saturated carbocycles. The lowest BCUT2D eigenvalue weighted by atomic mass is 9.98. The van der Waals surface area contributed by atoms with Gasteiger partial charge in [-0.3, -0.25) is 4.98 Å². The predicted molar refractivity (Wildman–Crippen MR) is 70.7 cm³/mol. The number of nitrogens with zero attached hydrogens (tertiary/aromatic N) is 1. The fourth-order valence-electron chi connectivity index (χ4n) is 2.17. The van der Waals surface area contributed by atoms with Crippen LogP contribution in [0, 0.1) is 5.92 Å². The molecule has 4 nitrogen and oxygen atoms in total. The van der Waals surface area contributed by atoms with Crippen LogP contribution in [0.5, 0.6) is 5.75 Å². The van der Waals surface area contributed by atoms with Gasteiger partial charge in [0.25, 0.3) is 0 Å². The molecule has 0 spiro atoms. The highest BCUT2D eigenvalue weighted by Gasteiger charge is 2.22. The standard InChI is InChI=1S/C14H22N2O2/c1-2-6-17-14-7-12(8-16-10-14)11-18-13-4-3-5-15-9-13/h3-5,9,12,14,16H,2,6-8,10-11H2,1H3. The molecule has 0 radical (unpaired) electrons. The van der Waals surface area contributed by atoms with Crippen molar-refractivity contribution in [1.82, 2.24) is 10.3 Å². The van der Waals surface area contributed by atoms with E-state index in [4.69, 9.17) is 9.47 Å². The van der Waals surface area contributed by atoms with E-state index >= 15 is 0 Å². The van der Waals surface area contributed by atoms with E-state index in [-0.39, 0.29) is 0 Å². The average Bonchev–Trinajstić information content (AvgIpc) is 2.44. The summed E-state index contributed by atoms with van der Waals surface area (Å²) in [4.78, 5) is 4.04. The maximum atomic E-state index is 5.78. The van der Waals surface area contributed by atoms with Crippen LogP contribution in [0.2, 0.25) is 0 Å². The number of ether oxygens (including phenoxy) is 2. The van der Waals surface area contributed by atoms with Crippen LogP contribution in [0.25, 0.3) is 0 Å². The van der Waals surface area contributed by atoms with Crippen LogP contribution in [-0.4, -0.2) is 37.4 Å². The Bertz CT molecular complexity index is 332. The highest BCUT2D eigenvalue weighted by molar-refractivity contribution is 5.15. The summed E-state index contributed by atoms with van der Waals surface area (Å²) in [5, 5.41) is 3.41. The molecule has 100 valence electrons. The first-order valence-corrected chi connectivity index (χ1v) is 6.73. The second-order valence-electron chi connectivity index (χ2n) is 4.75. The molecule has 1 saturated heterocycles. The van der Waals surface area contributed by atoms with Gasteiger partial charge in [-0.15, -0.1) is 0 Å². The van der Waals surface area contributed by atoms with E-state index in [1.165, 1.54) is 0 Å². The summed E-state index contributed by atoms with van der Waals surface area (Å²) in [5.41, 5.74) is 0. The van der Waals surface area contributed by atoms with Crippen molar-refractivity contribution in [3.05, 3.63) is 24.5 Å². The lowest BCUT2D eigenvalue weighted by Gasteiger charge is -2.29. The molecular formula is C14H22N2O2. The van der Waals surface area contributed by atoms with Crippen molar-refractivity contribution in [2.45, 2.75) is 25.9 Å². The SMILES string of the molecule is CCCOC1CNCC(COc2cccnc2)C1. The van der Waals surface area contributed by atoms with Crippen molar-refractivity contribution in [1.29, 1.82) is 0 Å². The quantitative estimate of drug-likeness (QED) is 0.837. The lowest BCUT2D eigenvalue weighted by molar-refractivity contribution is 0.0154. The minimum atomic E-state index is 0.334. The molecule has 0 amide bonds. The van der Waals surface area contributed by atoms with E-state index in [1.807, 2.05) is 12.1 Å². The third-order valence-corrected chi connectivity index (χ3v) is 3.08. The van der Waals surface area contributed by atoms with Crippen molar-refractivity contribution < 1.29 is 9.47 Å². The van der Waals surface area contributed by atoms with Crippen LogP contribution in [0.3, 0.4) is 0 Å². The average molecular weight is 250 g/mol. The first kappa shape index (κ1) is 13.3. The zero-order chi connectivity index (χ0) is 12.6. The van der Waals surface area contributed by atoms with Crippen molar-refractivity contribution >= 4 is 0 Å². The molecule has 1 aromatic rings. The van der Waals surface area contributed by atoms with E-state index in [2.05, 4.69) is 17.2 Å². The second kappa shape index (κ2) is 7.34. The summed E-state index contributed by atoms with van der Waals surface area (Å²) >= 11 is 0. The van der Waals surface area contributed by atoms with E-state index in [9.17, 15) is 0 Å². The molecule has 2 heterocycles. The zero-order valence-corrected chi connectivity index (χ0v) is 11.0. The fraction of sp³-hybridized carbons (Fsp3) is 0.643. The van der Waals surface area contributed by atoms with Gasteiger partial charge < -0.3 is 14.8 Å². The van der Waals surface area contributed by atoms with Crippen LogP contribution in [-0.2, 0) is 4.74 Å². The Morgan fingerprint density at radius 1 is 1.44 bits per heavy atom. The molecule has 1 N–H and O–H groups in total. The van der Waals surface area contributed by atoms with Gasteiger partial charge >= 0.3 is 0 Å². The minimum absolute atomic E-state index is 0.334. The number of rotatable bonds is 6. The number of hydrogen-bond acceptors (Lipinski definition) is 4. The Balaban J connectivity index is 1.72. The molecule has 1 aromatic heterocycles. The monoisotopic (exact) mass is 250 g/mol. The smallest absolute Gasteiger partial charge is 0.137 e. The first-order valence-electron chi connectivity index (χ1n) is 6.73. The Labute approximate surface area is 109 Å². The number of hydrogen-bond donors (Lipinski definition) is 1. The summed E-state index contributed by atoms with van der Waals surface area (Å²) in [5.74, 6) is 1.36. The highest BCUT2D eigenvalue weighted by Crippen LogP contribution is 2.16. The van der Waals surface area contributed by atoms with E-state index < -0.39 is 0 Å². The summed E-state index contributed by atoms with van der Waals surface area (Å²) < 4.78 is 11.5. The Hall–Kier alpha value is -1.13. The van der Waals surface area contributed by atoms with Gasteiger partial charge in [0.1, 0.15) is 5.75 Å². The molecule has 0 aliphatic carbocycles. The maximum Gasteiger partial charge on any atom is 0.137 e.